The largest absolute Gasteiger partial charge is 0.279 e. The highest BCUT2D eigenvalue weighted by Gasteiger charge is 2.26. The van der Waals surface area contributed by atoms with Crippen LogP contribution in [-0.4, -0.2) is 19.7 Å². The Morgan fingerprint density at radius 1 is 0.920 bits per heavy atom. The topological polar surface area (TPSA) is 63.2 Å². The van der Waals surface area contributed by atoms with Crippen molar-refractivity contribution < 1.29 is 13.2 Å². The Kier molecular flexibility index (Phi) is 5.18. The second-order valence-electron chi connectivity index (χ2n) is 5.64. The van der Waals surface area contributed by atoms with Crippen molar-refractivity contribution in [3.05, 3.63) is 78.4 Å². The van der Waals surface area contributed by atoms with Crippen molar-refractivity contribution >= 4 is 37.6 Å². The number of nitrogens with one attached hydrogen (secondary N) is 1. The molecule has 0 bridgehead atoms. The van der Waals surface area contributed by atoms with Gasteiger partial charge in [0.2, 0.25) is 15.3 Å². The molecule has 128 valence electrons. The van der Waals surface area contributed by atoms with Gasteiger partial charge in [-0.2, -0.15) is 4.72 Å². The molecule has 0 radical (unpaired) electrons. The Balaban J connectivity index is 1.94. The summed E-state index contributed by atoms with van der Waals surface area (Å²) in [4.78, 5) is 11.9. The first-order chi connectivity index (χ1) is 12.0. The molecule has 0 heterocycles. The van der Waals surface area contributed by atoms with Crippen LogP contribution in [-0.2, 0) is 21.2 Å². The number of carbonyl (C=O) groups is 1. The summed E-state index contributed by atoms with van der Waals surface area (Å²) in [7, 11) is -3.91. The van der Waals surface area contributed by atoms with Crippen molar-refractivity contribution in [2.75, 3.05) is 0 Å². The zero-order valence-electron chi connectivity index (χ0n) is 13.2. The molecule has 3 aromatic carbocycles. The molecule has 3 aromatic rings. The van der Waals surface area contributed by atoms with Gasteiger partial charge in [-0.15, -0.1) is 0 Å². The van der Waals surface area contributed by atoms with E-state index in [9.17, 15) is 13.2 Å². The summed E-state index contributed by atoms with van der Waals surface area (Å²) in [5, 5.41) is 0.660. The molecule has 0 aliphatic rings. The number of benzene rings is 3. The molecule has 3 rings (SSSR count). The zero-order chi connectivity index (χ0) is 17.9. The van der Waals surface area contributed by atoms with Gasteiger partial charge in [0.1, 0.15) is 0 Å². The van der Waals surface area contributed by atoms with Gasteiger partial charge in [0.15, 0.2) is 0 Å². The predicted octanol–water partition coefficient (Wildman–Crippen LogP) is 3.49. The van der Waals surface area contributed by atoms with Gasteiger partial charge in [0.25, 0.3) is 0 Å². The van der Waals surface area contributed by atoms with E-state index in [2.05, 4.69) is 4.72 Å². The summed E-state index contributed by atoms with van der Waals surface area (Å²) in [5.74, 6) is 0. The van der Waals surface area contributed by atoms with Crippen molar-refractivity contribution in [2.24, 2.45) is 0 Å². The monoisotopic (exact) mass is 373 g/mol. The third-order valence-corrected chi connectivity index (χ3v) is 5.69. The minimum atomic E-state index is -3.91. The van der Waals surface area contributed by atoms with Crippen LogP contribution in [0.5, 0.6) is 0 Å². The van der Waals surface area contributed by atoms with E-state index in [1.165, 1.54) is 6.07 Å². The van der Waals surface area contributed by atoms with Gasteiger partial charge in [-0.25, -0.2) is 8.42 Å². The van der Waals surface area contributed by atoms with E-state index in [0.29, 0.717) is 5.39 Å². The molecular weight excluding hydrogens is 358 g/mol. The van der Waals surface area contributed by atoms with E-state index in [-0.39, 0.29) is 11.3 Å². The summed E-state index contributed by atoms with van der Waals surface area (Å²) in [5.41, 5.74) is 0.821. The van der Waals surface area contributed by atoms with Gasteiger partial charge in [0, 0.05) is 5.39 Å². The number of rotatable bonds is 6. The maximum absolute atomic E-state index is 12.8. The van der Waals surface area contributed by atoms with Gasteiger partial charge in [-0.3, -0.25) is 4.79 Å². The Bertz CT molecular complexity index is 998. The molecular formula is C19H16ClNO3S. The molecule has 0 saturated carbocycles. The van der Waals surface area contributed by atoms with Gasteiger partial charge in [0.05, 0.1) is 10.9 Å². The van der Waals surface area contributed by atoms with Crippen LogP contribution in [0.4, 0.5) is 0 Å². The molecule has 0 aliphatic carbocycles. The van der Waals surface area contributed by atoms with Crippen LogP contribution in [0.25, 0.3) is 10.8 Å². The highest BCUT2D eigenvalue weighted by Crippen LogP contribution is 2.23. The quantitative estimate of drug-likeness (QED) is 0.673. The molecule has 1 N–H and O–H groups in total. The number of hydrogen-bond donors (Lipinski definition) is 1. The fourth-order valence-electron chi connectivity index (χ4n) is 2.70. The summed E-state index contributed by atoms with van der Waals surface area (Å²) >= 11 is 5.64. The average molecular weight is 374 g/mol. The number of sulfonamides is 1. The zero-order valence-corrected chi connectivity index (χ0v) is 14.8. The second-order valence-corrected chi connectivity index (χ2v) is 7.70. The van der Waals surface area contributed by atoms with Crippen molar-refractivity contribution in [1.29, 1.82) is 0 Å². The molecule has 1 atom stereocenters. The van der Waals surface area contributed by atoms with Crippen LogP contribution in [0.15, 0.2) is 77.7 Å². The van der Waals surface area contributed by atoms with Gasteiger partial charge in [-0.05, 0) is 35.0 Å². The van der Waals surface area contributed by atoms with Crippen LogP contribution in [0.3, 0.4) is 0 Å². The summed E-state index contributed by atoms with van der Waals surface area (Å²) in [6, 6.07) is 20.3. The number of halogens is 1. The van der Waals surface area contributed by atoms with Crippen molar-refractivity contribution in [2.45, 2.75) is 17.4 Å². The highest BCUT2D eigenvalue weighted by atomic mass is 35.5. The molecule has 0 aliphatic heterocycles. The van der Waals surface area contributed by atoms with Crippen LogP contribution in [0.2, 0.25) is 0 Å². The second kappa shape index (κ2) is 7.35. The number of fused-ring (bicyclic) bond motifs is 1. The summed E-state index contributed by atoms with van der Waals surface area (Å²) in [6.07, 6.45) is 0.188. The Labute approximate surface area is 151 Å². The van der Waals surface area contributed by atoms with E-state index in [4.69, 9.17) is 11.6 Å². The fourth-order valence-corrected chi connectivity index (χ4v) is 4.32. The molecule has 0 aromatic heterocycles. The molecule has 4 nitrogen and oxygen atoms in total. The molecule has 25 heavy (non-hydrogen) atoms. The van der Waals surface area contributed by atoms with Gasteiger partial charge < -0.3 is 0 Å². The van der Waals surface area contributed by atoms with Gasteiger partial charge >= 0.3 is 0 Å². The lowest BCUT2D eigenvalue weighted by atomic mass is 10.1. The lowest BCUT2D eigenvalue weighted by molar-refractivity contribution is -0.113. The third kappa shape index (κ3) is 4.07. The molecule has 0 amide bonds. The van der Waals surface area contributed by atoms with Crippen molar-refractivity contribution in [1.82, 2.24) is 4.72 Å². The van der Waals surface area contributed by atoms with Crippen LogP contribution in [0.1, 0.15) is 5.56 Å². The van der Waals surface area contributed by atoms with Crippen LogP contribution >= 0.6 is 11.6 Å². The summed E-state index contributed by atoms with van der Waals surface area (Å²) < 4.78 is 28.1. The molecule has 1 unspecified atom stereocenters. The maximum atomic E-state index is 12.8. The standard InChI is InChI=1S/C19H16ClNO3S/c20-19(22)17(13-14-7-2-1-3-8-14)21-25(23,24)18-12-6-10-15-9-4-5-11-16(15)18/h1-12,17,21H,13H2. The third-order valence-electron chi connectivity index (χ3n) is 3.89. The Morgan fingerprint density at radius 2 is 1.56 bits per heavy atom. The van der Waals surface area contributed by atoms with Crippen molar-refractivity contribution in [3.63, 3.8) is 0 Å². The van der Waals surface area contributed by atoms with E-state index >= 15 is 0 Å². The lowest BCUT2D eigenvalue weighted by Crippen LogP contribution is -2.40. The summed E-state index contributed by atoms with van der Waals surface area (Å²) in [6.45, 7) is 0. The predicted molar refractivity (Wildman–Crippen MR) is 99.1 cm³/mol. The smallest absolute Gasteiger partial charge is 0.241 e. The normalized spacial score (nSPS) is 12.8. The SMILES string of the molecule is O=C(Cl)C(Cc1ccccc1)NS(=O)(=O)c1cccc2ccccc12. The Morgan fingerprint density at radius 3 is 2.28 bits per heavy atom. The maximum Gasteiger partial charge on any atom is 0.241 e. The first-order valence-corrected chi connectivity index (χ1v) is 9.57. The van der Waals surface area contributed by atoms with E-state index in [1.807, 2.05) is 48.5 Å². The highest BCUT2D eigenvalue weighted by molar-refractivity contribution is 7.89. The Hall–Kier alpha value is -2.21. The lowest BCUT2D eigenvalue weighted by Gasteiger charge is -2.16. The average Bonchev–Trinajstić information content (AvgIpc) is 2.61. The molecule has 0 saturated heterocycles. The molecule has 0 spiro atoms. The van der Waals surface area contributed by atoms with E-state index in [1.54, 1.807) is 18.2 Å². The van der Waals surface area contributed by atoms with Crippen LogP contribution in [0, 0.1) is 0 Å². The van der Waals surface area contributed by atoms with Crippen LogP contribution < -0.4 is 4.72 Å². The fraction of sp³-hybridized carbons (Fsp3) is 0.105. The van der Waals surface area contributed by atoms with E-state index in [0.717, 1.165) is 10.9 Å². The first kappa shape index (κ1) is 17.6. The minimum absolute atomic E-state index is 0.126. The first-order valence-electron chi connectivity index (χ1n) is 7.71. The van der Waals surface area contributed by atoms with Gasteiger partial charge in [-0.1, -0.05) is 66.7 Å². The molecule has 6 heteroatoms. The minimum Gasteiger partial charge on any atom is -0.279 e. The number of carbonyl (C=O) groups excluding carboxylic acids is 1. The molecule has 0 fully saturated rings. The number of hydrogen-bond acceptors (Lipinski definition) is 3. The van der Waals surface area contributed by atoms with Crippen molar-refractivity contribution in [3.8, 4) is 0 Å². The van der Waals surface area contributed by atoms with E-state index < -0.39 is 21.3 Å².